The Morgan fingerprint density at radius 1 is 1.07 bits per heavy atom. The lowest BCUT2D eigenvalue weighted by atomic mass is 9.94. The van der Waals surface area contributed by atoms with Gasteiger partial charge in [-0.05, 0) is 50.0 Å². The third-order valence-electron chi connectivity index (χ3n) is 6.08. The van der Waals surface area contributed by atoms with Gasteiger partial charge in [0.15, 0.2) is 0 Å². The van der Waals surface area contributed by atoms with Crippen LogP contribution in [-0.4, -0.2) is 55.7 Å². The van der Waals surface area contributed by atoms with Crippen LogP contribution in [0.25, 0.3) is 0 Å². The molecule has 1 amide bonds. The van der Waals surface area contributed by atoms with Gasteiger partial charge < -0.3 is 5.32 Å². The second kappa shape index (κ2) is 9.58. The third-order valence-corrected chi connectivity index (χ3v) is 8.01. The minimum atomic E-state index is -3.50. The minimum Gasteiger partial charge on any atom is -0.355 e. The summed E-state index contributed by atoms with van der Waals surface area (Å²) in [4.78, 5) is 12.6. The number of amides is 1. The molecular weight excluding hydrogens is 386 g/mol. The van der Waals surface area contributed by atoms with Crippen LogP contribution in [0.4, 0.5) is 0 Å². The zero-order valence-electron chi connectivity index (χ0n) is 17.9. The van der Waals surface area contributed by atoms with Crippen LogP contribution in [0.2, 0.25) is 0 Å². The number of hydrogen-bond acceptors (Lipinski definition) is 3. The second-order valence-corrected chi connectivity index (χ2v) is 10.9. The van der Waals surface area contributed by atoms with Crippen LogP contribution < -0.4 is 5.32 Å². The van der Waals surface area contributed by atoms with Crippen LogP contribution in [0, 0.1) is 24.7 Å². The first-order valence-corrected chi connectivity index (χ1v) is 12.2. The number of piperidine rings is 2. The molecule has 1 aromatic carbocycles. The van der Waals surface area contributed by atoms with Crippen LogP contribution in [0.3, 0.4) is 0 Å². The quantitative estimate of drug-likeness (QED) is 0.768. The second-order valence-electron chi connectivity index (χ2n) is 8.99. The van der Waals surface area contributed by atoms with E-state index in [1.54, 1.807) is 4.31 Å². The van der Waals surface area contributed by atoms with Gasteiger partial charge in [-0.25, -0.2) is 0 Å². The maximum Gasteiger partial charge on any atom is 0.282 e. The van der Waals surface area contributed by atoms with Crippen LogP contribution >= 0.6 is 0 Å². The standard InChI is InChI=1S/C22H35N3O3S/c1-17-6-8-20(9-7-17)10-11-23-22(26)21-5-4-12-24(16-21)29(27,28)25-14-18(2)13-19(3)15-25/h6-9,18-19,21H,4-5,10-16H2,1-3H3,(H,23,26)/t18-,19+,21-/m1/s1. The molecule has 2 saturated heterocycles. The summed E-state index contributed by atoms with van der Waals surface area (Å²) in [5.41, 5.74) is 2.41. The Bertz CT molecular complexity index is 784. The largest absolute Gasteiger partial charge is 0.355 e. The van der Waals surface area contributed by atoms with E-state index in [0.29, 0.717) is 38.0 Å². The van der Waals surface area contributed by atoms with Gasteiger partial charge in [0.05, 0.1) is 5.92 Å². The average Bonchev–Trinajstić information content (AvgIpc) is 2.69. The first kappa shape index (κ1) is 22.2. The Morgan fingerprint density at radius 2 is 1.72 bits per heavy atom. The maximum atomic E-state index is 13.1. The molecule has 0 aromatic heterocycles. The van der Waals surface area contributed by atoms with Gasteiger partial charge >= 0.3 is 0 Å². The van der Waals surface area contributed by atoms with Crippen molar-refractivity contribution in [3.63, 3.8) is 0 Å². The van der Waals surface area contributed by atoms with Gasteiger partial charge in [0.2, 0.25) is 5.91 Å². The molecule has 2 heterocycles. The van der Waals surface area contributed by atoms with Gasteiger partial charge in [-0.2, -0.15) is 17.0 Å². The molecule has 0 spiro atoms. The van der Waals surface area contributed by atoms with Gasteiger partial charge in [0.1, 0.15) is 0 Å². The van der Waals surface area contributed by atoms with E-state index in [4.69, 9.17) is 0 Å². The van der Waals surface area contributed by atoms with Crippen molar-refractivity contribution in [2.24, 2.45) is 17.8 Å². The number of rotatable bonds is 6. The Kier molecular flexibility index (Phi) is 7.35. The van der Waals surface area contributed by atoms with Crippen molar-refractivity contribution in [3.05, 3.63) is 35.4 Å². The summed E-state index contributed by atoms with van der Waals surface area (Å²) in [6, 6.07) is 8.31. The molecule has 0 unspecified atom stereocenters. The zero-order valence-corrected chi connectivity index (χ0v) is 18.7. The molecule has 2 aliphatic rings. The monoisotopic (exact) mass is 421 g/mol. The van der Waals surface area contributed by atoms with Crippen LogP contribution in [0.5, 0.6) is 0 Å². The van der Waals surface area contributed by atoms with E-state index in [1.165, 1.54) is 15.4 Å². The Labute approximate surface area is 175 Å². The number of carbonyl (C=O) groups excluding carboxylic acids is 1. The van der Waals surface area contributed by atoms with E-state index in [1.807, 2.05) is 0 Å². The van der Waals surface area contributed by atoms with E-state index < -0.39 is 10.2 Å². The summed E-state index contributed by atoms with van der Waals surface area (Å²) in [7, 11) is -3.50. The summed E-state index contributed by atoms with van der Waals surface area (Å²) in [6.07, 6.45) is 3.33. The average molecular weight is 422 g/mol. The van der Waals surface area contributed by atoms with Crippen molar-refractivity contribution in [3.8, 4) is 0 Å². The summed E-state index contributed by atoms with van der Waals surface area (Å²) in [5.74, 6) is 0.451. The zero-order chi connectivity index (χ0) is 21.0. The summed E-state index contributed by atoms with van der Waals surface area (Å²) >= 11 is 0. The van der Waals surface area contributed by atoms with Crippen molar-refractivity contribution in [2.45, 2.75) is 46.5 Å². The molecule has 0 radical (unpaired) electrons. The molecule has 29 heavy (non-hydrogen) atoms. The fourth-order valence-corrected chi connectivity index (χ4v) is 6.49. The summed E-state index contributed by atoms with van der Waals surface area (Å²) in [5, 5.41) is 3.01. The highest BCUT2D eigenvalue weighted by Gasteiger charge is 2.38. The van der Waals surface area contributed by atoms with Crippen LogP contribution in [0.15, 0.2) is 24.3 Å². The predicted molar refractivity (Wildman–Crippen MR) is 116 cm³/mol. The molecule has 0 saturated carbocycles. The van der Waals surface area contributed by atoms with Gasteiger partial charge in [0, 0.05) is 32.7 Å². The number of nitrogens with zero attached hydrogens (tertiary/aromatic N) is 2. The van der Waals surface area contributed by atoms with Gasteiger partial charge in [-0.1, -0.05) is 43.7 Å². The Morgan fingerprint density at radius 3 is 2.38 bits per heavy atom. The van der Waals surface area contributed by atoms with Crippen LogP contribution in [0.1, 0.15) is 44.2 Å². The smallest absolute Gasteiger partial charge is 0.282 e. The van der Waals surface area contributed by atoms with Crippen molar-refractivity contribution in [1.29, 1.82) is 0 Å². The number of nitrogens with one attached hydrogen (secondary N) is 1. The first-order chi connectivity index (χ1) is 13.8. The van der Waals surface area contributed by atoms with E-state index in [0.717, 1.165) is 25.7 Å². The molecule has 2 fully saturated rings. The van der Waals surface area contributed by atoms with E-state index in [-0.39, 0.29) is 18.4 Å². The van der Waals surface area contributed by atoms with E-state index in [9.17, 15) is 13.2 Å². The van der Waals surface area contributed by atoms with Gasteiger partial charge in [-0.3, -0.25) is 4.79 Å². The molecule has 1 N–H and O–H groups in total. The van der Waals surface area contributed by atoms with Gasteiger partial charge in [-0.15, -0.1) is 0 Å². The molecule has 0 bridgehead atoms. The van der Waals surface area contributed by atoms with Gasteiger partial charge in [0.25, 0.3) is 10.2 Å². The number of carbonyl (C=O) groups is 1. The fourth-order valence-electron chi connectivity index (χ4n) is 4.55. The molecule has 0 aliphatic carbocycles. The maximum absolute atomic E-state index is 13.1. The minimum absolute atomic E-state index is 0.0302. The van der Waals surface area contributed by atoms with Crippen molar-refractivity contribution in [2.75, 3.05) is 32.7 Å². The SMILES string of the molecule is Cc1ccc(CCNC(=O)[C@@H]2CCCN(S(=O)(=O)N3C[C@H](C)C[C@H](C)C3)C2)cc1. The lowest BCUT2D eigenvalue weighted by Crippen LogP contribution is -2.53. The molecule has 162 valence electrons. The molecule has 1 aromatic rings. The highest BCUT2D eigenvalue weighted by atomic mass is 32.2. The lowest BCUT2D eigenvalue weighted by Gasteiger charge is -2.39. The van der Waals surface area contributed by atoms with Crippen molar-refractivity contribution < 1.29 is 13.2 Å². The summed E-state index contributed by atoms with van der Waals surface area (Å²) in [6.45, 7) is 8.81. The molecule has 3 atom stereocenters. The Hall–Kier alpha value is -1.44. The number of aryl methyl sites for hydroxylation is 1. The van der Waals surface area contributed by atoms with Crippen molar-refractivity contribution in [1.82, 2.24) is 13.9 Å². The van der Waals surface area contributed by atoms with E-state index >= 15 is 0 Å². The highest BCUT2D eigenvalue weighted by Crippen LogP contribution is 2.27. The van der Waals surface area contributed by atoms with Crippen molar-refractivity contribution >= 4 is 16.1 Å². The topological polar surface area (TPSA) is 69.7 Å². The summed E-state index contributed by atoms with van der Waals surface area (Å²) < 4.78 is 29.5. The highest BCUT2D eigenvalue weighted by molar-refractivity contribution is 7.86. The molecule has 3 rings (SSSR count). The Balaban J connectivity index is 1.53. The fraction of sp³-hybridized carbons (Fsp3) is 0.682. The number of benzene rings is 1. The molecule has 7 heteroatoms. The van der Waals surface area contributed by atoms with Crippen LogP contribution in [-0.2, 0) is 21.4 Å². The molecule has 6 nitrogen and oxygen atoms in total. The third kappa shape index (κ3) is 5.80. The first-order valence-electron chi connectivity index (χ1n) is 10.8. The molecule has 2 aliphatic heterocycles. The predicted octanol–water partition coefficient (Wildman–Crippen LogP) is 2.59. The normalized spacial score (nSPS) is 26.9. The molecular formula is C22H35N3O3S. The number of hydrogen-bond donors (Lipinski definition) is 1. The van der Waals surface area contributed by atoms with E-state index in [2.05, 4.69) is 50.4 Å². The lowest BCUT2D eigenvalue weighted by molar-refractivity contribution is -0.126.